The van der Waals surface area contributed by atoms with Crippen LogP contribution in [0.4, 0.5) is 4.39 Å². The largest absolute Gasteiger partial charge is 0.598 e. The van der Waals surface area contributed by atoms with Gasteiger partial charge < -0.3 is 9.66 Å². The molecule has 0 saturated heterocycles. The number of hydrogen-bond acceptors (Lipinski definition) is 3. The average Bonchev–Trinajstić information content (AvgIpc) is 2.31. The van der Waals surface area contributed by atoms with Gasteiger partial charge in [0.15, 0.2) is 0 Å². The van der Waals surface area contributed by atoms with Gasteiger partial charge in [0.1, 0.15) is 10.6 Å². The third-order valence-electron chi connectivity index (χ3n) is 3.27. The lowest BCUT2D eigenvalue weighted by Gasteiger charge is -2.35. The smallest absolute Gasteiger partial charge is 0.136 e. The van der Waals surface area contributed by atoms with Crippen molar-refractivity contribution in [2.75, 3.05) is 6.61 Å². The van der Waals surface area contributed by atoms with Gasteiger partial charge in [0.25, 0.3) is 0 Å². The quantitative estimate of drug-likeness (QED) is 0.822. The molecule has 1 rings (SSSR count). The molecule has 0 saturated carbocycles. The van der Waals surface area contributed by atoms with Crippen LogP contribution in [0.2, 0.25) is 0 Å². The van der Waals surface area contributed by atoms with E-state index in [1.165, 1.54) is 0 Å². The fourth-order valence-corrected chi connectivity index (χ4v) is 2.82. The molecule has 2 atom stereocenters. The van der Waals surface area contributed by atoms with Crippen molar-refractivity contribution in [3.05, 3.63) is 35.1 Å². The van der Waals surface area contributed by atoms with E-state index in [-0.39, 0.29) is 18.8 Å². The van der Waals surface area contributed by atoms with Crippen LogP contribution in [0.5, 0.6) is 0 Å². The summed E-state index contributed by atoms with van der Waals surface area (Å²) >= 11 is -1.35. The van der Waals surface area contributed by atoms with E-state index < -0.39 is 21.6 Å². The zero-order valence-electron chi connectivity index (χ0n) is 12.8. The zero-order chi connectivity index (χ0) is 15.6. The maximum Gasteiger partial charge on any atom is 0.136 e. The summed E-state index contributed by atoms with van der Waals surface area (Å²) in [5.41, 5.74) is 0.0994. The summed E-state index contributed by atoms with van der Waals surface area (Å²) in [4.78, 5) is 0. The summed E-state index contributed by atoms with van der Waals surface area (Å²) in [5.74, 6) is -0.318. The highest BCUT2D eigenvalue weighted by atomic mass is 32.2. The number of aliphatic hydroxyl groups excluding tert-OH is 1. The Morgan fingerprint density at radius 2 is 1.90 bits per heavy atom. The highest BCUT2D eigenvalue weighted by Crippen LogP contribution is 2.31. The van der Waals surface area contributed by atoms with E-state index in [1.807, 2.05) is 20.8 Å². The first-order valence-corrected chi connectivity index (χ1v) is 7.83. The second kappa shape index (κ2) is 6.43. The predicted octanol–water partition coefficient (Wildman–Crippen LogP) is 2.78. The van der Waals surface area contributed by atoms with E-state index in [1.54, 1.807) is 32.0 Å². The Balaban J connectivity index is 3.18. The molecule has 0 radical (unpaired) electrons. The molecule has 0 aliphatic heterocycles. The van der Waals surface area contributed by atoms with Gasteiger partial charge in [-0.15, -0.1) is 4.72 Å². The Morgan fingerprint density at radius 3 is 2.40 bits per heavy atom. The summed E-state index contributed by atoms with van der Waals surface area (Å²) in [7, 11) is 0. The molecule has 1 unspecified atom stereocenters. The summed E-state index contributed by atoms with van der Waals surface area (Å²) in [6.45, 7) is 8.90. The second-order valence-electron chi connectivity index (χ2n) is 6.23. The van der Waals surface area contributed by atoms with Crippen molar-refractivity contribution in [3.63, 3.8) is 0 Å². The van der Waals surface area contributed by atoms with Gasteiger partial charge in [-0.05, 0) is 46.6 Å². The third-order valence-corrected chi connectivity index (χ3v) is 5.02. The summed E-state index contributed by atoms with van der Waals surface area (Å²) in [6, 6.07) is 5.13. The Kier molecular flexibility index (Phi) is 5.61. The lowest BCUT2D eigenvalue weighted by Crippen LogP contribution is -2.50. The molecule has 0 bridgehead atoms. The second-order valence-corrected chi connectivity index (χ2v) is 8.19. The first kappa shape index (κ1) is 17.4. The molecule has 0 aliphatic rings. The SMILES string of the molecule is Cc1cccc(C(C)(CCO)N[S@+]([O-])C(C)(C)C)c1F. The maximum absolute atomic E-state index is 14.3. The fraction of sp³-hybridized carbons (Fsp3) is 0.600. The Hall–Kier alpha value is -0.620. The molecular formula is C15H24FNO2S. The van der Waals surface area contributed by atoms with Crippen LogP contribution >= 0.6 is 0 Å². The van der Waals surface area contributed by atoms with E-state index in [4.69, 9.17) is 0 Å². The number of aliphatic hydroxyl groups is 1. The number of nitrogens with one attached hydrogen (secondary N) is 1. The molecule has 1 aromatic carbocycles. The van der Waals surface area contributed by atoms with Gasteiger partial charge in [0.2, 0.25) is 0 Å². The zero-order valence-corrected chi connectivity index (χ0v) is 13.6. The molecule has 0 heterocycles. The van der Waals surface area contributed by atoms with E-state index in [0.717, 1.165) is 0 Å². The molecule has 2 N–H and O–H groups in total. The van der Waals surface area contributed by atoms with Gasteiger partial charge in [0, 0.05) is 23.5 Å². The molecule has 5 heteroatoms. The van der Waals surface area contributed by atoms with Gasteiger partial charge in [-0.3, -0.25) is 0 Å². The molecule has 1 aromatic rings. The normalized spacial score (nSPS) is 16.8. The van der Waals surface area contributed by atoms with Crippen LogP contribution in [-0.2, 0) is 16.9 Å². The number of halogens is 1. The van der Waals surface area contributed by atoms with Crippen LogP contribution in [-0.4, -0.2) is 21.0 Å². The molecule has 0 fully saturated rings. The third kappa shape index (κ3) is 3.95. The van der Waals surface area contributed by atoms with Crippen LogP contribution in [0.25, 0.3) is 0 Å². The molecule has 0 amide bonds. The first-order valence-electron chi connectivity index (χ1n) is 6.68. The minimum atomic E-state index is -1.35. The van der Waals surface area contributed by atoms with E-state index in [0.29, 0.717) is 11.1 Å². The highest BCUT2D eigenvalue weighted by Gasteiger charge is 2.38. The topological polar surface area (TPSA) is 55.3 Å². The Morgan fingerprint density at radius 1 is 1.30 bits per heavy atom. The van der Waals surface area contributed by atoms with Crippen molar-refractivity contribution in [2.45, 2.75) is 51.3 Å². The fourth-order valence-electron chi connectivity index (χ4n) is 1.90. The lowest BCUT2D eigenvalue weighted by atomic mass is 9.88. The van der Waals surface area contributed by atoms with E-state index in [9.17, 15) is 14.0 Å². The van der Waals surface area contributed by atoms with Crippen molar-refractivity contribution in [1.82, 2.24) is 4.72 Å². The number of benzene rings is 1. The van der Waals surface area contributed by atoms with E-state index >= 15 is 0 Å². The molecule has 0 spiro atoms. The Labute approximate surface area is 123 Å². The van der Waals surface area contributed by atoms with E-state index in [2.05, 4.69) is 4.72 Å². The van der Waals surface area contributed by atoms with Crippen LogP contribution in [0.1, 0.15) is 45.2 Å². The highest BCUT2D eigenvalue weighted by molar-refractivity contribution is 7.90. The average molecular weight is 301 g/mol. The van der Waals surface area contributed by atoms with Crippen LogP contribution in [0.15, 0.2) is 18.2 Å². The minimum absolute atomic E-state index is 0.113. The van der Waals surface area contributed by atoms with Crippen LogP contribution < -0.4 is 4.72 Å². The van der Waals surface area contributed by atoms with Gasteiger partial charge >= 0.3 is 0 Å². The monoisotopic (exact) mass is 301 g/mol. The molecule has 20 heavy (non-hydrogen) atoms. The molecule has 3 nitrogen and oxygen atoms in total. The standard InChI is InChI=1S/C15H24FNO2S/c1-11-7-6-8-12(13(11)16)15(5,9-10-18)17-20(19)14(2,3)4/h6-8,17-18H,9-10H2,1-5H3/t15?,20-/m1/s1. The van der Waals surface area contributed by atoms with Crippen molar-refractivity contribution in [2.24, 2.45) is 0 Å². The molecule has 0 aromatic heterocycles. The molecule has 114 valence electrons. The molecular weight excluding hydrogens is 277 g/mol. The van der Waals surface area contributed by atoms with Crippen molar-refractivity contribution in [1.29, 1.82) is 0 Å². The number of hydrogen-bond donors (Lipinski definition) is 2. The molecule has 0 aliphatic carbocycles. The number of rotatable bonds is 5. The summed E-state index contributed by atoms with van der Waals surface area (Å²) < 4.78 is 29.2. The van der Waals surface area contributed by atoms with Crippen molar-refractivity contribution >= 4 is 11.4 Å². The van der Waals surface area contributed by atoms with Gasteiger partial charge in [-0.25, -0.2) is 4.39 Å². The van der Waals surface area contributed by atoms with Crippen molar-refractivity contribution < 1.29 is 14.0 Å². The first-order chi connectivity index (χ1) is 9.12. The van der Waals surface area contributed by atoms with Gasteiger partial charge in [-0.2, -0.15) is 0 Å². The predicted molar refractivity (Wildman–Crippen MR) is 81.2 cm³/mol. The van der Waals surface area contributed by atoms with Crippen molar-refractivity contribution in [3.8, 4) is 0 Å². The minimum Gasteiger partial charge on any atom is -0.598 e. The lowest BCUT2D eigenvalue weighted by molar-refractivity contribution is 0.234. The van der Waals surface area contributed by atoms with Crippen LogP contribution in [0.3, 0.4) is 0 Å². The van der Waals surface area contributed by atoms with Gasteiger partial charge in [0.05, 0.1) is 5.54 Å². The maximum atomic E-state index is 14.3. The summed E-state index contributed by atoms with van der Waals surface area (Å²) in [6.07, 6.45) is 0.287. The summed E-state index contributed by atoms with van der Waals surface area (Å²) in [5, 5.41) is 9.28. The van der Waals surface area contributed by atoms with Gasteiger partial charge in [-0.1, -0.05) is 18.2 Å². The number of aryl methyl sites for hydroxylation is 1. The van der Waals surface area contributed by atoms with Crippen LogP contribution in [0, 0.1) is 12.7 Å². The Bertz CT molecular complexity index is 462.